The molecule has 5 heteroatoms. The fourth-order valence-electron chi connectivity index (χ4n) is 3.20. The quantitative estimate of drug-likeness (QED) is 0.825. The zero-order valence-electron chi connectivity index (χ0n) is 12.5. The van der Waals surface area contributed by atoms with Crippen LogP contribution in [0.25, 0.3) is 0 Å². The van der Waals surface area contributed by atoms with E-state index in [1.54, 1.807) is 18.2 Å². The van der Waals surface area contributed by atoms with Gasteiger partial charge in [0.15, 0.2) is 0 Å². The van der Waals surface area contributed by atoms with Gasteiger partial charge in [0.05, 0.1) is 5.69 Å². The smallest absolute Gasteiger partial charge is 0.276 e. The topological polar surface area (TPSA) is 40.7 Å². The first-order valence-corrected chi connectivity index (χ1v) is 8.20. The lowest BCUT2D eigenvalue weighted by molar-refractivity contribution is -0.0102. The Bertz CT molecular complexity index is 609. The molecule has 3 nitrogen and oxygen atoms in total. The fourth-order valence-corrected chi connectivity index (χ4v) is 3.20. The van der Waals surface area contributed by atoms with Crippen molar-refractivity contribution in [3.05, 3.63) is 35.6 Å². The van der Waals surface area contributed by atoms with Crippen LogP contribution in [0, 0.1) is 11.8 Å². The lowest BCUT2D eigenvalue weighted by atomic mass is 9.85. The first-order chi connectivity index (χ1) is 10.6. The normalized spacial score (nSPS) is 26.8. The van der Waals surface area contributed by atoms with E-state index in [0.29, 0.717) is 24.5 Å². The van der Waals surface area contributed by atoms with Crippen LogP contribution in [0.1, 0.15) is 43.7 Å². The fraction of sp³-hybridized carbons (Fsp3) is 0.588. The number of nitrogens with zero attached hydrogens (tertiary/aromatic N) is 1. The Balaban J connectivity index is 1.33. The molecule has 0 spiro atoms. The van der Waals surface area contributed by atoms with Gasteiger partial charge in [-0.3, -0.25) is 5.10 Å². The highest BCUT2D eigenvalue weighted by Crippen LogP contribution is 2.49. The Hall–Kier alpha value is -1.65. The maximum atomic E-state index is 14.5. The molecule has 0 radical (unpaired) electrons. The Morgan fingerprint density at radius 2 is 2.00 bits per heavy atom. The van der Waals surface area contributed by atoms with Crippen molar-refractivity contribution in [3.8, 4) is 0 Å². The van der Waals surface area contributed by atoms with Crippen molar-refractivity contribution < 1.29 is 8.78 Å². The van der Waals surface area contributed by atoms with E-state index in [1.165, 1.54) is 12.8 Å². The third-order valence-electron chi connectivity index (χ3n) is 4.85. The van der Waals surface area contributed by atoms with Crippen LogP contribution in [0.4, 0.5) is 14.6 Å². The number of allylic oxidation sites excluding steroid dienone is 4. The third kappa shape index (κ3) is 2.69. The van der Waals surface area contributed by atoms with Gasteiger partial charge in [0, 0.05) is 30.0 Å². The molecule has 3 aliphatic carbocycles. The molecule has 0 aliphatic heterocycles. The van der Waals surface area contributed by atoms with Crippen LogP contribution in [0.2, 0.25) is 0 Å². The summed E-state index contributed by atoms with van der Waals surface area (Å²) in [5, 5.41) is 10.4. The van der Waals surface area contributed by atoms with E-state index in [-0.39, 0.29) is 5.92 Å². The maximum Gasteiger partial charge on any atom is 0.276 e. The van der Waals surface area contributed by atoms with Crippen molar-refractivity contribution in [1.29, 1.82) is 0 Å². The molecule has 0 aromatic carbocycles. The number of halogens is 2. The number of alkyl halides is 2. The number of nitrogens with one attached hydrogen (secondary N) is 2. The largest absolute Gasteiger partial charge is 0.370 e. The predicted molar refractivity (Wildman–Crippen MR) is 82.1 cm³/mol. The van der Waals surface area contributed by atoms with Gasteiger partial charge in [-0.15, -0.1) is 0 Å². The van der Waals surface area contributed by atoms with E-state index >= 15 is 0 Å². The van der Waals surface area contributed by atoms with Crippen LogP contribution in [-0.4, -0.2) is 22.7 Å². The molecule has 118 valence electrons. The van der Waals surface area contributed by atoms with Crippen LogP contribution in [0.5, 0.6) is 0 Å². The molecule has 0 amide bonds. The molecule has 1 unspecified atom stereocenters. The van der Waals surface area contributed by atoms with Gasteiger partial charge in [-0.05, 0) is 38.0 Å². The van der Waals surface area contributed by atoms with Gasteiger partial charge in [-0.1, -0.05) is 18.2 Å². The number of hydrogen-bond donors (Lipinski definition) is 2. The van der Waals surface area contributed by atoms with Gasteiger partial charge in [0.1, 0.15) is 5.82 Å². The number of rotatable bonds is 6. The van der Waals surface area contributed by atoms with E-state index in [4.69, 9.17) is 0 Å². The molecule has 3 aliphatic rings. The van der Waals surface area contributed by atoms with Crippen molar-refractivity contribution in [3.63, 3.8) is 0 Å². The summed E-state index contributed by atoms with van der Waals surface area (Å²) in [6, 6.07) is 2.00. The van der Waals surface area contributed by atoms with E-state index in [0.717, 1.165) is 24.4 Å². The zero-order valence-corrected chi connectivity index (χ0v) is 12.5. The van der Waals surface area contributed by atoms with Gasteiger partial charge >= 0.3 is 0 Å². The summed E-state index contributed by atoms with van der Waals surface area (Å²) < 4.78 is 29.0. The number of anilines is 1. The first kappa shape index (κ1) is 14.0. The summed E-state index contributed by atoms with van der Waals surface area (Å²) in [6.45, 7) is 0.523. The molecule has 1 atom stereocenters. The third-order valence-corrected chi connectivity index (χ3v) is 4.85. The summed E-state index contributed by atoms with van der Waals surface area (Å²) in [5.74, 6) is -1.84. The van der Waals surface area contributed by atoms with Crippen LogP contribution in [0.3, 0.4) is 0 Å². The molecular formula is C17H21F2N3. The molecule has 1 aromatic rings. The molecule has 0 saturated heterocycles. The molecule has 0 bridgehead atoms. The summed E-state index contributed by atoms with van der Waals surface area (Å²) in [7, 11) is 0. The van der Waals surface area contributed by atoms with E-state index < -0.39 is 11.8 Å². The zero-order chi connectivity index (χ0) is 15.2. The van der Waals surface area contributed by atoms with Gasteiger partial charge in [-0.25, -0.2) is 8.78 Å². The standard InChI is InChI=1S/C17H21F2N3/c18-17(19)13(2-1-3-14(17)11-4-5-11)8-9-20-16-10-15(21-22-16)12-6-7-12/h1-3,10-13H,4-9H2,(H2,20,21,22). The number of hydrogen-bond acceptors (Lipinski definition) is 2. The molecular weight excluding hydrogens is 284 g/mol. The second kappa shape index (κ2) is 5.21. The lowest BCUT2D eigenvalue weighted by Gasteiger charge is -2.29. The molecule has 2 saturated carbocycles. The average molecular weight is 305 g/mol. The lowest BCUT2D eigenvalue weighted by Crippen LogP contribution is -2.33. The van der Waals surface area contributed by atoms with Gasteiger partial charge in [-0.2, -0.15) is 5.10 Å². The second-order valence-electron chi connectivity index (χ2n) is 6.71. The molecule has 1 heterocycles. The van der Waals surface area contributed by atoms with Crippen molar-refractivity contribution in [2.45, 2.75) is 43.9 Å². The molecule has 22 heavy (non-hydrogen) atoms. The SMILES string of the molecule is FC1(F)C(C2CC2)=CC=CC1CCNc1cc(C2CC2)n[nH]1. The van der Waals surface area contributed by atoms with Crippen LogP contribution < -0.4 is 5.32 Å². The van der Waals surface area contributed by atoms with Crippen LogP contribution >= 0.6 is 0 Å². The Morgan fingerprint density at radius 3 is 2.73 bits per heavy atom. The average Bonchev–Trinajstić information content (AvgIpc) is 3.40. The minimum Gasteiger partial charge on any atom is -0.370 e. The highest BCUT2D eigenvalue weighted by molar-refractivity contribution is 5.38. The van der Waals surface area contributed by atoms with Gasteiger partial charge in [0.2, 0.25) is 0 Å². The minimum absolute atomic E-state index is 0.115. The van der Waals surface area contributed by atoms with Crippen molar-refractivity contribution in [1.82, 2.24) is 10.2 Å². The summed E-state index contributed by atoms with van der Waals surface area (Å²) in [6.07, 6.45) is 9.74. The summed E-state index contributed by atoms with van der Waals surface area (Å²) in [5.41, 5.74) is 1.43. The monoisotopic (exact) mass is 305 g/mol. The van der Waals surface area contributed by atoms with Crippen LogP contribution in [0.15, 0.2) is 29.9 Å². The first-order valence-electron chi connectivity index (χ1n) is 8.20. The molecule has 2 fully saturated rings. The van der Waals surface area contributed by atoms with Crippen molar-refractivity contribution >= 4 is 5.82 Å². The highest BCUT2D eigenvalue weighted by Gasteiger charge is 2.48. The van der Waals surface area contributed by atoms with Crippen molar-refractivity contribution in [2.24, 2.45) is 11.8 Å². The summed E-state index contributed by atoms with van der Waals surface area (Å²) >= 11 is 0. The number of aromatic nitrogens is 2. The molecule has 4 rings (SSSR count). The van der Waals surface area contributed by atoms with Gasteiger partial charge in [0.25, 0.3) is 5.92 Å². The maximum absolute atomic E-state index is 14.5. The van der Waals surface area contributed by atoms with Crippen molar-refractivity contribution in [2.75, 3.05) is 11.9 Å². The van der Waals surface area contributed by atoms with Crippen LogP contribution in [-0.2, 0) is 0 Å². The minimum atomic E-state index is -2.69. The van der Waals surface area contributed by atoms with E-state index in [1.807, 2.05) is 6.07 Å². The second-order valence-corrected chi connectivity index (χ2v) is 6.71. The molecule has 2 N–H and O–H groups in total. The Labute approximate surface area is 128 Å². The van der Waals surface area contributed by atoms with Gasteiger partial charge < -0.3 is 5.32 Å². The molecule has 1 aromatic heterocycles. The highest BCUT2D eigenvalue weighted by atomic mass is 19.3. The predicted octanol–water partition coefficient (Wildman–Crippen LogP) is 4.25. The summed E-state index contributed by atoms with van der Waals surface area (Å²) in [4.78, 5) is 0. The number of aromatic amines is 1. The Morgan fingerprint density at radius 1 is 1.23 bits per heavy atom. The number of H-pyrrole nitrogens is 1. The van der Waals surface area contributed by atoms with E-state index in [9.17, 15) is 8.78 Å². The van der Waals surface area contributed by atoms with E-state index in [2.05, 4.69) is 15.5 Å². The Kier molecular flexibility index (Phi) is 3.31.